The first kappa shape index (κ1) is 18.6. The number of nitrogens with zero attached hydrogens (tertiary/aromatic N) is 5. The zero-order valence-electron chi connectivity index (χ0n) is 15.5. The third-order valence-electron chi connectivity index (χ3n) is 4.92. The summed E-state index contributed by atoms with van der Waals surface area (Å²) in [7, 11) is 0. The van der Waals surface area contributed by atoms with Crippen LogP contribution in [0.15, 0.2) is 53.5 Å². The monoisotopic (exact) mass is 440 g/mol. The smallest absolute Gasteiger partial charge is 0.229 e. The van der Waals surface area contributed by atoms with Crippen LogP contribution in [0.4, 0.5) is 11.5 Å². The van der Waals surface area contributed by atoms with Crippen molar-refractivity contribution in [1.82, 2.24) is 19.7 Å². The molecule has 1 amide bonds. The molecule has 3 heterocycles. The summed E-state index contributed by atoms with van der Waals surface area (Å²) < 4.78 is 2.74. The maximum Gasteiger partial charge on any atom is 0.229 e. The van der Waals surface area contributed by atoms with Crippen molar-refractivity contribution in [2.24, 2.45) is 5.92 Å². The summed E-state index contributed by atoms with van der Waals surface area (Å²) in [4.78, 5) is 23.6. The molecule has 0 bridgehead atoms. The Bertz CT molecular complexity index is 975. The molecule has 0 saturated carbocycles. The Labute approximate surface area is 171 Å². The van der Waals surface area contributed by atoms with Crippen molar-refractivity contribution < 1.29 is 4.79 Å². The van der Waals surface area contributed by atoms with E-state index in [-0.39, 0.29) is 11.8 Å². The molecule has 8 heteroatoms. The minimum absolute atomic E-state index is 0.0489. The van der Waals surface area contributed by atoms with Gasteiger partial charge in [-0.15, -0.1) is 0 Å². The van der Waals surface area contributed by atoms with Crippen LogP contribution in [0.5, 0.6) is 0 Å². The highest BCUT2D eigenvalue weighted by molar-refractivity contribution is 9.10. The van der Waals surface area contributed by atoms with Gasteiger partial charge >= 0.3 is 0 Å². The number of benzene rings is 1. The third-order valence-corrected chi connectivity index (χ3v) is 5.81. The fourth-order valence-electron chi connectivity index (χ4n) is 3.41. The van der Waals surface area contributed by atoms with Gasteiger partial charge in [0.05, 0.1) is 5.92 Å². The van der Waals surface area contributed by atoms with Crippen LogP contribution < -0.4 is 10.2 Å². The van der Waals surface area contributed by atoms with Crippen LogP contribution in [0.2, 0.25) is 0 Å². The lowest BCUT2D eigenvalue weighted by Crippen LogP contribution is -2.41. The Hall–Kier alpha value is -2.74. The van der Waals surface area contributed by atoms with Crippen molar-refractivity contribution in [2.45, 2.75) is 19.8 Å². The predicted octanol–water partition coefficient (Wildman–Crippen LogP) is 3.59. The van der Waals surface area contributed by atoms with E-state index < -0.39 is 0 Å². The van der Waals surface area contributed by atoms with Crippen LogP contribution in [0.1, 0.15) is 18.4 Å². The van der Waals surface area contributed by atoms with Crippen molar-refractivity contribution in [3.8, 4) is 5.82 Å². The molecule has 0 aliphatic carbocycles. The molecular formula is C20H21BrN6O. The molecule has 0 unspecified atom stereocenters. The molecule has 1 saturated heterocycles. The molecule has 1 aromatic carbocycles. The van der Waals surface area contributed by atoms with Gasteiger partial charge in [0, 0.05) is 41.7 Å². The van der Waals surface area contributed by atoms with E-state index in [1.807, 2.05) is 43.5 Å². The van der Waals surface area contributed by atoms with Gasteiger partial charge in [0.1, 0.15) is 12.1 Å². The average molecular weight is 441 g/mol. The Balaban J connectivity index is 1.46. The second-order valence-corrected chi connectivity index (χ2v) is 7.78. The van der Waals surface area contributed by atoms with E-state index in [9.17, 15) is 4.79 Å². The van der Waals surface area contributed by atoms with Crippen LogP contribution in [-0.2, 0) is 4.79 Å². The molecule has 1 aliphatic heterocycles. The van der Waals surface area contributed by atoms with Crippen LogP contribution in [0.25, 0.3) is 5.82 Å². The lowest BCUT2D eigenvalue weighted by Gasteiger charge is -2.32. The molecule has 2 aromatic heterocycles. The number of amides is 1. The standard InChI is InChI=1S/C20H21BrN6O/c1-14-10-16(5-6-17(14)21)25-20(28)15-4-2-8-26(12-15)18-11-19(23-13-22-18)27-9-3-7-24-27/h3,5-7,9-11,13,15H,2,4,8,12H2,1H3,(H,25,28)/t15-/m1/s1. The Morgan fingerprint density at radius 2 is 2.11 bits per heavy atom. The highest BCUT2D eigenvalue weighted by Crippen LogP contribution is 2.25. The van der Waals surface area contributed by atoms with Gasteiger partial charge in [-0.3, -0.25) is 4.79 Å². The number of aryl methyl sites for hydroxylation is 1. The van der Waals surface area contributed by atoms with Crippen molar-refractivity contribution in [1.29, 1.82) is 0 Å². The van der Waals surface area contributed by atoms with E-state index in [2.05, 4.69) is 41.2 Å². The molecule has 28 heavy (non-hydrogen) atoms. The van der Waals surface area contributed by atoms with E-state index in [1.54, 1.807) is 17.2 Å². The van der Waals surface area contributed by atoms with Crippen LogP contribution in [0.3, 0.4) is 0 Å². The van der Waals surface area contributed by atoms with Gasteiger partial charge in [-0.25, -0.2) is 14.6 Å². The van der Waals surface area contributed by atoms with Gasteiger partial charge < -0.3 is 10.2 Å². The van der Waals surface area contributed by atoms with Gasteiger partial charge in [0.2, 0.25) is 5.91 Å². The van der Waals surface area contributed by atoms with Crippen molar-refractivity contribution in [2.75, 3.05) is 23.3 Å². The van der Waals surface area contributed by atoms with Gasteiger partial charge in [0.15, 0.2) is 5.82 Å². The number of halogens is 1. The molecule has 0 radical (unpaired) electrons. The first-order valence-electron chi connectivity index (χ1n) is 9.24. The SMILES string of the molecule is Cc1cc(NC(=O)[C@@H]2CCCN(c3cc(-n4cccn4)ncn3)C2)ccc1Br. The summed E-state index contributed by atoms with van der Waals surface area (Å²) >= 11 is 3.49. The van der Waals surface area contributed by atoms with E-state index >= 15 is 0 Å². The summed E-state index contributed by atoms with van der Waals surface area (Å²) in [6.45, 7) is 3.52. The highest BCUT2D eigenvalue weighted by atomic mass is 79.9. The fourth-order valence-corrected chi connectivity index (χ4v) is 3.65. The number of anilines is 2. The van der Waals surface area contributed by atoms with E-state index in [4.69, 9.17) is 0 Å². The Morgan fingerprint density at radius 1 is 1.25 bits per heavy atom. The maximum absolute atomic E-state index is 12.8. The summed E-state index contributed by atoms with van der Waals surface area (Å²) in [6.07, 6.45) is 6.92. The number of carbonyl (C=O) groups excluding carboxylic acids is 1. The average Bonchev–Trinajstić information content (AvgIpc) is 3.26. The molecule has 0 spiro atoms. The topological polar surface area (TPSA) is 75.9 Å². The summed E-state index contributed by atoms with van der Waals surface area (Å²) in [5.74, 6) is 1.50. The summed E-state index contributed by atoms with van der Waals surface area (Å²) in [5.41, 5.74) is 1.92. The minimum atomic E-state index is -0.0826. The minimum Gasteiger partial charge on any atom is -0.356 e. The molecule has 1 aliphatic rings. The summed E-state index contributed by atoms with van der Waals surface area (Å²) in [6, 6.07) is 9.60. The number of hydrogen-bond donors (Lipinski definition) is 1. The first-order valence-corrected chi connectivity index (χ1v) is 10.0. The molecule has 3 aromatic rings. The molecule has 1 atom stereocenters. The molecule has 7 nitrogen and oxygen atoms in total. The summed E-state index contributed by atoms with van der Waals surface area (Å²) in [5, 5.41) is 7.27. The molecule has 1 N–H and O–H groups in total. The van der Waals surface area contributed by atoms with Crippen molar-refractivity contribution in [3.05, 3.63) is 59.1 Å². The largest absolute Gasteiger partial charge is 0.356 e. The number of aromatic nitrogens is 4. The highest BCUT2D eigenvalue weighted by Gasteiger charge is 2.27. The quantitative estimate of drug-likeness (QED) is 0.670. The fraction of sp³-hybridized carbons (Fsp3) is 0.300. The van der Waals surface area contributed by atoms with E-state index in [0.717, 1.165) is 40.9 Å². The number of piperidine rings is 1. The normalized spacial score (nSPS) is 16.8. The van der Waals surface area contributed by atoms with Gasteiger partial charge in [-0.2, -0.15) is 5.10 Å². The van der Waals surface area contributed by atoms with Crippen LogP contribution in [-0.4, -0.2) is 38.7 Å². The number of hydrogen-bond acceptors (Lipinski definition) is 5. The number of nitrogens with one attached hydrogen (secondary N) is 1. The second-order valence-electron chi connectivity index (χ2n) is 6.92. The van der Waals surface area contributed by atoms with Gasteiger partial charge in [-0.05, 0) is 49.6 Å². The Morgan fingerprint density at radius 3 is 2.89 bits per heavy atom. The first-order chi connectivity index (χ1) is 13.6. The molecule has 144 valence electrons. The van der Waals surface area contributed by atoms with Crippen LogP contribution >= 0.6 is 15.9 Å². The lowest BCUT2D eigenvalue weighted by molar-refractivity contribution is -0.120. The van der Waals surface area contributed by atoms with Crippen molar-refractivity contribution in [3.63, 3.8) is 0 Å². The van der Waals surface area contributed by atoms with Crippen molar-refractivity contribution >= 4 is 33.3 Å². The number of carbonyl (C=O) groups is 1. The Kier molecular flexibility index (Phi) is 5.38. The molecule has 4 rings (SSSR count). The predicted molar refractivity (Wildman–Crippen MR) is 112 cm³/mol. The molecular weight excluding hydrogens is 420 g/mol. The molecule has 1 fully saturated rings. The maximum atomic E-state index is 12.8. The zero-order valence-corrected chi connectivity index (χ0v) is 17.1. The van der Waals surface area contributed by atoms with Crippen LogP contribution in [0, 0.1) is 12.8 Å². The zero-order chi connectivity index (χ0) is 19.5. The lowest BCUT2D eigenvalue weighted by atomic mass is 9.97. The second kappa shape index (κ2) is 8.10. The van der Waals surface area contributed by atoms with E-state index in [1.165, 1.54) is 0 Å². The van der Waals surface area contributed by atoms with Gasteiger partial charge in [0.25, 0.3) is 0 Å². The number of rotatable bonds is 4. The van der Waals surface area contributed by atoms with Gasteiger partial charge in [-0.1, -0.05) is 15.9 Å². The van der Waals surface area contributed by atoms with E-state index in [0.29, 0.717) is 12.4 Å². The third kappa shape index (κ3) is 4.06.